The molecule has 1 saturated carbocycles. The third-order valence-electron chi connectivity index (χ3n) is 5.03. The van der Waals surface area contributed by atoms with Gasteiger partial charge in [-0.25, -0.2) is 0 Å². The molecule has 28 heavy (non-hydrogen) atoms. The van der Waals surface area contributed by atoms with Gasteiger partial charge in [-0.15, -0.1) is 0 Å². The molecule has 0 aromatic heterocycles. The van der Waals surface area contributed by atoms with Gasteiger partial charge in [0, 0.05) is 16.8 Å². The molecule has 0 spiro atoms. The number of ether oxygens (including phenoxy) is 1. The van der Waals surface area contributed by atoms with Gasteiger partial charge in [-0.1, -0.05) is 49.6 Å². The number of amides is 2. The van der Waals surface area contributed by atoms with E-state index in [1.54, 1.807) is 24.3 Å². The Hall–Kier alpha value is -2.53. The molecular weight excluding hydrogens is 376 g/mol. The first kappa shape index (κ1) is 20.2. The van der Waals surface area contributed by atoms with Crippen LogP contribution in [-0.4, -0.2) is 24.5 Å². The molecule has 5 nitrogen and oxygen atoms in total. The van der Waals surface area contributed by atoms with E-state index in [4.69, 9.17) is 16.3 Å². The Morgan fingerprint density at radius 3 is 2.61 bits per heavy atom. The van der Waals surface area contributed by atoms with Gasteiger partial charge in [0.2, 0.25) is 0 Å². The maximum atomic E-state index is 12.6. The van der Waals surface area contributed by atoms with Gasteiger partial charge >= 0.3 is 0 Å². The lowest BCUT2D eigenvalue weighted by atomic mass is 9.86. The van der Waals surface area contributed by atoms with E-state index in [1.165, 1.54) is 12.5 Å². The Morgan fingerprint density at radius 1 is 1.11 bits per heavy atom. The van der Waals surface area contributed by atoms with Gasteiger partial charge in [-0.05, 0) is 49.1 Å². The number of anilines is 1. The summed E-state index contributed by atoms with van der Waals surface area (Å²) in [6.07, 6.45) is 4.48. The summed E-state index contributed by atoms with van der Waals surface area (Å²) in [6.45, 7) is 2.02. The highest BCUT2D eigenvalue weighted by atomic mass is 35.5. The minimum Gasteiger partial charge on any atom is -0.483 e. The van der Waals surface area contributed by atoms with Crippen LogP contribution in [0.25, 0.3) is 0 Å². The summed E-state index contributed by atoms with van der Waals surface area (Å²) in [5.74, 6) is 0.276. The van der Waals surface area contributed by atoms with Gasteiger partial charge in [0.1, 0.15) is 5.75 Å². The number of carbonyl (C=O) groups excluding carboxylic acids is 2. The van der Waals surface area contributed by atoms with E-state index in [0.29, 0.717) is 22.4 Å². The van der Waals surface area contributed by atoms with E-state index in [2.05, 4.69) is 17.6 Å². The van der Waals surface area contributed by atoms with E-state index in [9.17, 15) is 9.59 Å². The minimum atomic E-state index is -0.343. The van der Waals surface area contributed by atoms with Crippen molar-refractivity contribution in [1.82, 2.24) is 5.32 Å². The number of halogens is 1. The molecular formula is C22H25ClN2O3. The first-order valence-electron chi connectivity index (χ1n) is 9.61. The van der Waals surface area contributed by atoms with Gasteiger partial charge in [0.25, 0.3) is 11.8 Å². The summed E-state index contributed by atoms with van der Waals surface area (Å²) >= 11 is 6.06. The normalized spacial score (nSPS) is 18.9. The molecule has 2 N–H and O–H groups in total. The molecule has 0 bridgehead atoms. The summed E-state index contributed by atoms with van der Waals surface area (Å²) in [7, 11) is 0. The van der Waals surface area contributed by atoms with E-state index in [0.717, 1.165) is 19.3 Å². The quantitative estimate of drug-likeness (QED) is 0.740. The number of nitrogens with one attached hydrogen (secondary N) is 2. The van der Waals surface area contributed by atoms with Gasteiger partial charge in [-0.3, -0.25) is 9.59 Å². The maximum Gasteiger partial charge on any atom is 0.259 e. The molecule has 0 saturated heterocycles. The predicted molar refractivity (Wildman–Crippen MR) is 111 cm³/mol. The predicted octanol–water partition coefficient (Wildman–Crippen LogP) is 4.67. The minimum absolute atomic E-state index is 0.142. The second kappa shape index (κ2) is 9.60. The van der Waals surface area contributed by atoms with Crippen molar-refractivity contribution in [2.75, 3.05) is 11.9 Å². The maximum absolute atomic E-state index is 12.6. The fourth-order valence-corrected chi connectivity index (χ4v) is 3.62. The number of carbonyl (C=O) groups is 2. The Morgan fingerprint density at radius 2 is 1.86 bits per heavy atom. The third-order valence-corrected chi connectivity index (χ3v) is 5.27. The van der Waals surface area contributed by atoms with E-state index >= 15 is 0 Å². The Kier molecular flexibility index (Phi) is 6.93. The first-order valence-corrected chi connectivity index (χ1v) is 9.99. The molecule has 1 aliphatic rings. The highest BCUT2D eigenvalue weighted by Crippen LogP contribution is 2.25. The van der Waals surface area contributed by atoms with Crippen molar-refractivity contribution in [1.29, 1.82) is 0 Å². The Bertz CT molecular complexity index is 826. The number of benzene rings is 2. The lowest BCUT2D eigenvalue weighted by molar-refractivity contribution is -0.124. The summed E-state index contributed by atoms with van der Waals surface area (Å²) in [4.78, 5) is 24.9. The van der Waals surface area contributed by atoms with Crippen LogP contribution in [0.1, 0.15) is 43.0 Å². The fourth-order valence-electron chi connectivity index (χ4n) is 3.45. The van der Waals surface area contributed by atoms with Gasteiger partial charge in [0.05, 0.1) is 5.56 Å². The molecule has 2 aromatic carbocycles. The van der Waals surface area contributed by atoms with Gasteiger partial charge < -0.3 is 15.4 Å². The van der Waals surface area contributed by atoms with Crippen LogP contribution >= 0.6 is 11.6 Å². The van der Waals surface area contributed by atoms with Crippen LogP contribution in [-0.2, 0) is 4.79 Å². The second-order valence-electron chi connectivity index (χ2n) is 7.19. The van der Waals surface area contributed by atoms with Crippen LogP contribution in [0, 0.1) is 5.92 Å². The van der Waals surface area contributed by atoms with Crippen molar-refractivity contribution in [3.8, 4) is 5.75 Å². The molecule has 6 heteroatoms. The van der Waals surface area contributed by atoms with Gasteiger partial charge in [0.15, 0.2) is 6.61 Å². The van der Waals surface area contributed by atoms with Crippen molar-refractivity contribution in [3.63, 3.8) is 0 Å². The zero-order valence-electron chi connectivity index (χ0n) is 15.9. The summed E-state index contributed by atoms with van der Waals surface area (Å²) < 4.78 is 5.66. The largest absolute Gasteiger partial charge is 0.483 e. The average Bonchev–Trinajstić information content (AvgIpc) is 2.69. The SMILES string of the molecule is C[C@H]1CCCC[C@@H]1NC(=O)COc1ccc(Cl)cc1C(=O)Nc1ccccc1. The molecule has 3 rings (SSSR count). The molecule has 0 radical (unpaired) electrons. The summed E-state index contributed by atoms with van der Waals surface area (Å²) in [5, 5.41) is 6.28. The van der Waals surface area contributed by atoms with Crippen LogP contribution in [0.5, 0.6) is 5.75 Å². The monoisotopic (exact) mass is 400 g/mol. The summed E-state index contributed by atoms with van der Waals surface area (Å²) in [5.41, 5.74) is 0.956. The lowest BCUT2D eigenvalue weighted by Crippen LogP contribution is -2.43. The molecule has 0 aliphatic heterocycles. The van der Waals surface area contributed by atoms with Crippen molar-refractivity contribution in [2.24, 2.45) is 5.92 Å². The second-order valence-corrected chi connectivity index (χ2v) is 7.62. The van der Waals surface area contributed by atoms with Crippen molar-refractivity contribution in [2.45, 2.75) is 38.6 Å². The number of hydrogen-bond acceptors (Lipinski definition) is 3. The Labute approximate surface area is 170 Å². The van der Waals surface area contributed by atoms with Gasteiger partial charge in [-0.2, -0.15) is 0 Å². The van der Waals surface area contributed by atoms with Crippen molar-refractivity contribution < 1.29 is 14.3 Å². The number of para-hydroxylation sites is 1. The fraction of sp³-hybridized carbons (Fsp3) is 0.364. The van der Waals surface area contributed by atoms with Crippen LogP contribution in [0.15, 0.2) is 48.5 Å². The van der Waals surface area contributed by atoms with Crippen molar-refractivity contribution in [3.05, 3.63) is 59.1 Å². The molecule has 2 atom stereocenters. The van der Waals surface area contributed by atoms with E-state index in [-0.39, 0.29) is 30.0 Å². The first-order chi connectivity index (χ1) is 13.5. The molecule has 0 unspecified atom stereocenters. The molecule has 2 aromatic rings. The van der Waals surface area contributed by atoms with Crippen molar-refractivity contribution >= 4 is 29.1 Å². The smallest absolute Gasteiger partial charge is 0.259 e. The van der Waals surface area contributed by atoms with Crippen LogP contribution < -0.4 is 15.4 Å². The zero-order valence-corrected chi connectivity index (χ0v) is 16.7. The zero-order chi connectivity index (χ0) is 19.9. The highest BCUT2D eigenvalue weighted by molar-refractivity contribution is 6.31. The van der Waals surface area contributed by atoms with Crippen LogP contribution in [0.3, 0.4) is 0 Å². The summed E-state index contributed by atoms with van der Waals surface area (Å²) in [6, 6.07) is 14.1. The van der Waals surface area contributed by atoms with Crippen LogP contribution in [0.2, 0.25) is 5.02 Å². The third kappa shape index (κ3) is 5.49. The van der Waals surface area contributed by atoms with E-state index in [1.807, 2.05) is 18.2 Å². The molecule has 148 valence electrons. The Balaban J connectivity index is 1.63. The molecule has 2 amide bonds. The standard InChI is InChI=1S/C22H25ClN2O3/c1-15-7-5-6-10-19(15)25-21(26)14-28-20-12-11-16(23)13-18(20)22(27)24-17-8-3-2-4-9-17/h2-4,8-9,11-13,15,19H,5-7,10,14H2,1H3,(H,24,27)(H,25,26)/t15-,19-/m0/s1. The molecule has 1 aliphatic carbocycles. The lowest BCUT2D eigenvalue weighted by Gasteiger charge is -2.29. The van der Waals surface area contributed by atoms with Crippen LogP contribution in [0.4, 0.5) is 5.69 Å². The number of hydrogen-bond donors (Lipinski definition) is 2. The average molecular weight is 401 g/mol. The number of rotatable bonds is 6. The molecule has 1 fully saturated rings. The van der Waals surface area contributed by atoms with E-state index < -0.39 is 0 Å². The highest BCUT2D eigenvalue weighted by Gasteiger charge is 2.23. The molecule has 0 heterocycles. The topological polar surface area (TPSA) is 67.4 Å².